The van der Waals surface area contributed by atoms with E-state index in [1.807, 2.05) is 12.1 Å². The molecule has 0 aliphatic rings. The monoisotopic (exact) mass is 216 g/mol. The molecular weight excluding hydrogens is 200 g/mol. The van der Waals surface area contributed by atoms with Crippen LogP contribution in [0.25, 0.3) is 11.3 Å². The molecule has 0 amide bonds. The third kappa shape index (κ3) is 2.08. The van der Waals surface area contributed by atoms with Gasteiger partial charge in [-0.15, -0.1) is 5.10 Å². The van der Waals surface area contributed by atoms with E-state index < -0.39 is 0 Å². The second kappa shape index (κ2) is 3.67. The quantitative estimate of drug-likeness (QED) is 0.769. The molecule has 0 saturated carbocycles. The van der Waals surface area contributed by atoms with Gasteiger partial charge in [-0.1, -0.05) is 45.0 Å². The average molecular weight is 216 g/mol. The van der Waals surface area contributed by atoms with Crippen LogP contribution in [-0.2, 0) is 5.41 Å². The first-order valence-corrected chi connectivity index (χ1v) is 5.32. The largest absolute Gasteiger partial charge is 0.492 e. The maximum Gasteiger partial charge on any atom is 0.230 e. The van der Waals surface area contributed by atoms with Gasteiger partial charge in [-0.2, -0.15) is 0 Å². The summed E-state index contributed by atoms with van der Waals surface area (Å²) in [6.07, 6.45) is 0. The fourth-order valence-corrected chi connectivity index (χ4v) is 1.61. The summed E-state index contributed by atoms with van der Waals surface area (Å²) in [4.78, 5) is 0. The summed E-state index contributed by atoms with van der Waals surface area (Å²) < 4.78 is 0. The van der Waals surface area contributed by atoms with E-state index in [1.165, 1.54) is 5.56 Å². The van der Waals surface area contributed by atoms with E-state index in [9.17, 15) is 0 Å². The van der Waals surface area contributed by atoms with Gasteiger partial charge in [0.1, 0.15) is 0 Å². The Hall–Kier alpha value is -1.77. The first-order chi connectivity index (χ1) is 7.47. The van der Waals surface area contributed by atoms with E-state index in [4.69, 9.17) is 5.11 Å². The molecule has 0 atom stereocenters. The number of aromatic hydroxyl groups is 1. The molecule has 3 heteroatoms. The zero-order valence-corrected chi connectivity index (χ0v) is 9.78. The van der Waals surface area contributed by atoms with Gasteiger partial charge in [0.25, 0.3) is 0 Å². The van der Waals surface area contributed by atoms with Crippen molar-refractivity contribution >= 4 is 0 Å². The van der Waals surface area contributed by atoms with Crippen molar-refractivity contribution in [1.82, 2.24) is 10.2 Å². The molecule has 0 aliphatic heterocycles. The SMILES string of the molecule is CC(C)(C)c1ccc(-c2cc(O)n[nH]2)cc1. The highest BCUT2D eigenvalue weighted by molar-refractivity contribution is 5.60. The molecule has 2 rings (SSSR count). The Labute approximate surface area is 95.1 Å². The van der Waals surface area contributed by atoms with Crippen LogP contribution in [0.3, 0.4) is 0 Å². The molecule has 1 heterocycles. The van der Waals surface area contributed by atoms with Gasteiger partial charge in [0.05, 0.1) is 5.69 Å². The Morgan fingerprint density at radius 1 is 1.12 bits per heavy atom. The fraction of sp³-hybridized carbons (Fsp3) is 0.308. The highest BCUT2D eigenvalue weighted by Crippen LogP contribution is 2.26. The lowest BCUT2D eigenvalue weighted by atomic mass is 9.86. The van der Waals surface area contributed by atoms with Gasteiger partial charge < -0.3 is 5.11 Å². The van der Waals surface area contributed by atoms with E-state index in [1.54, 1.807) is 6.07 Å². The summed E-state index contributed by atoms with van der Waals surface area (Å²) in [5.74, 6) is 0.0231. The zero-order chi connectivity index (χ0) is 11.8. The van der Waals surface area contributed by atoms with E-state index in [0.29, 0.717) is 0 Å². The highest BCUT2D eigenvalue weighted by Gasteiger charge is 2.13. The maximum atomic E-state index is 9.16. The molecule has 1 aromatic carbocycles. The van der Waals surface area contributed by atoms with Gasteiger partial charge in [-0.25, -0.2) is 0 Å². The second-order valence-corrected chi connectivity index (χ2v) is 4.97. The molecule has 0 radical (unpaired) electrons. The fourth-order valence-electron chi connectivity index (χ4n) is 1.61. The lowest BCUT2D eigenvalue weighted by Crippen LogP contribution is -2.10. The molecule has 2 N–H and O–H groups in total. The smallest absolute Gasteiger partial charge is 0.230 e. The van der Waals surface area contributed by atoms with E-state index in [0.717, 1.165) is 11.3 Å². The van der Waals surface area contributed by atoms with Gasteiger partial charge in [-0.3, -0.25) is 5.10 Å². The predicted molar refractivity (Wildman–Crippen MR) is 64.4 cm³/mol. The molecule has 0 unspecified atom stereocenters. The Morgan fingerprint density at radius 3 is 2.19 bits per heavy atom. The number of benzene rings is 1. The molecule has 84 valence electrons. The molecule has 1 aromatic heterocycles. The summed E-state index contributed by atoms with van der Waals surface area (Å²) in [6, 6.07) is 9.90. The highest BCUT2D eigenvalue weighted by atomic mass is 16.3. The Balaban J connectivity index is 2.33. The molecule has 2 aromatic rings. The van der Waals surface area contributed by atoms with Crippen molar-refractivity contribution in [2.45, 2.75) is 26.2 Å². The number of aromatic amines is 1. The van der Waals surface area contributed by atoms with E-state index in [-0.39, 0.29) is 11.3 Å². The van der Waals surface area contributed by atoms with E-state index in [2.05, 4.69) is 43.1 Å². The van der Waals surface area contributed by atoms with Gasteiger partial charge in [0.2, 0.25) is 5.88 Å². The van der Waals surface area contributed by atoms with Crippen molar-refractivity contribution in [3.05, 3.63) is 35.9 Å². The first kappa shape index (κ1) is 10.7. The van der Waals surface area contributed by atoms with Crippen molar-refractivity contribution in [3.63, 3.8) is 0 Å². The third-order valence-electron chi connectivity index (χ3n) is 2.63. The van der Waals surface area contributed by atoms with Crippen LogP contribution in [0.5, 0.6) is 5.88 Å². The third-order valence-corrected chi connectivity index (χ3v) is 2.63. The van der Waals surface area contributed by atoms with Crippen LogP contribution in [-0.4, -0.2) is 15.3 Å². The molecule has 3 nitrogen and oxygen atoms in total. The normalized spacial score (nSPS) is 11.7. The second-order valence-electron chi connectivity index (χ2n) is 4.97. The van der Waals surface area contributed by atoms with Crippen LogP contribution < -0.4 is 0 Å². The first-order valence-electron chi connectivity index (χ1n) is 5.32. The van der Waals surface area contributed by atoms with Crippen molar-refractivity contribution < 1.29 is 5.11 Å². The Bertz CT molecular complexity index is 477. The zero-order valence-electron chi connectivity index (χ0n) is 9.78. The van der Waals surface area contributed by atoms with Crippen LogP contribution >= 0.6 is 0 Å². The predicted octanol–water partition coefficient (Wildman–Crippen LogP) is 3.08. The Kier molecular flexibility index (Phi) is 2.46. The molecular formula is C13H16N2O. The lowest BCUT2D eigenvalue weighted by Gasteiger charge is -2.18. The van der Waals surface area contributed by atoms with E-state index >= 15 is 0 Å². The standard InChI is InChI=1S/C13H16N2O/c1-13(2,3)10-6-4-9(5-7-10)11-8-12(16)15-14-11/h4-8H,1-3H3,(H2,14,15,16). The summed E-state index contributed by atoms with van der Waals surface area (Å²) in [6.45, 7) is 6.55. The molecule has 0 aliphatic carbocycles. The number of aromatic nitrogens is 2. The van der Waals surface area contributed by atoms with Crippen LogP contribution in [0.2, 0.25) is 0 Å². The van der Waals surface area contributed by atoms with Crippen LogP contribution in [0.1, 0.15) is 26.3 Å². The minimum atomic E-state index is 0.0231. The van der Waals surface area contributed by atoms with Crippen molar-refractivity contribution in [2.75, 3.05) is 0 Å². The number of nitrogens with one attached hydrogen (secondary N) is 1. The maximum absolute atomic E-state index is 9.16. The summed E-state index contributed by atoms with van der Waals surface area (Å²) in [5, 5.41) is 15.6. The minimum absolute atomic E-state index is 0.0231. The van der Waals surface area contributed by atoms with Crippen LogP contribution in [0.4, 0.5) is 0 Å². The number of rotatable bonds is 1. The molecule has 16 heavy (non-hydrogen) atoms. The average Bonchev–Trinajstić information content (AvgIpc) is 2.64. The number of H-pyrrole nitrogens is 1. The molecule has 0 fully saturated rings. The lowest BCUT2D eigenvalue weighted by molar-refractivity contribution is 0.452. The van der Waals surface area contributed by atoms with Crippen LogP contribution in [0, 0.1) is 0 Å². The van der Waals surface area contributed by atoms with Crippen molar-refractivity contribution in [2.24, 2.45) is 0 Å². The Morgan fingerprint density at radius 2 is 1.75 bits per heavy atom. The molecule has 0 bridgehead atoms. The number of hydrogen-bond donors (Lipinski definition) is 2. The van der Waals surface area contributed by atoms with Gasteiger partial charge >= 0.3 is 0 Å². The van der Waals surface area contributed by atoms with Gasteiger partial charge in [0.15, 0.2) is 0 Å². The number of nitrogens with zero attached hydrogens (tertiary/aromatic N) is 1. The summed E-state index contributed by atoms with van der Waals surface area (Å²) in [7, 11) is 0. The van der Waals surface area contributed by atoms with Gasteiger partial charge in [-0.05, 0) is 16.5 Å². The van der Waals surface area contributed by atoms with Crippen molar-refractivity contribution in [1.29, 1.82) is 0 Å². The minimum Gasteiger partial charge on any atom is -0.492 e. The number of hydrogen-bond acceptors (Lipinski definition) is 2. The molecule has 0 saturated heterocycles. The molecule has 0 spiro atoms. The van der Waals surface area contributed by atoms with Crippen LogP contribution in [0.15, 0.2) is 30.3 Å². The summed E-state index contributed by atoms with van der Waals surface area (Å²) in [5.41, 5.74) is 3.31. The summed E-state index contributed by atoms with van der Waals surface area (Å²) >= 11 is 0. The topological polar surface area (TPSA) is 48.9 Å². The van der Waals surface area contributed by atoms with Gasteiger partial charge in [0, 0.05) is 6.07 Å². The van der Waals surface area contributed by atoms with Crippen molar-refractivity contribution in [3.8, 4) is 17.1 Å².